The molecule has 43 heavy (non-hydrogen) atoms. The molecule has 0 unspecified atom stereocenters. The van der Waals surface area contributed by atoms with Crippen molar-refractivity contribution in [3.05, 3.63) is 107 Å². The Kier molecular flexibility index (Phi) is 10.2. The van der Waals surface area contributed by atoms with Gasteiger partial charge in [0.05, 0.1) is 51.4 Å². The molecule has 6 aromatic rings. The van der Waals surface area contributed by atoms with Gasteiger partial charge in [-0.3, -0.25) is 15.0 Å². The summed E-state index contributed by atoms with van der Waals surface area (Å²) >= 11 is 0. The van der Waals surface area contributed by atoms with E-state index in [-0.39, 0.29) is 34.6 Å². The first-order chi connectivity index (χ1) is 20.2. The zero-order valence-electron chi connectivity index (χ0n) is 23.4. The largest absolute Gasteiger partial charge is 3.00 e. The maximum Gasteiger partial charge on any atom is 3.00 e. The molecule has 0 aliphatic carbocycles. The topological polar surface area (TPSA) is 179 Å². The summed E-state index contributed by atoms with van der Waals surface area (Å²) in [5.74, 6) is -0.409. The molecular weight excluding hydrogens is 555 g/mol. The summed E-state index contributed by atoms with van der Waals surface area (Å²) in [5.41, 5.74) is 5.37. The number of rotatable bonds is 0. The van der Waals surface area contributed by atoms with Crippen molar-refractivity contribution in [1.82, 2.24) is 15.0 Å². The van der Waals surface area contributed by atoms with Crippen molar-refractivity contribution >= 4 is 50.1 Å². The van der Waals surface area contributed by atoms with Gasteiger partial charge in [0.1, 0.15) is 0 Å². The Morgan fingerprint density at radius 1 is 0.465 bits per heavy atom. The minimum atomic E-state index is -0.136. The van der Waals surface area contributed by atoms with Crippen LogP contribution >= 0.6 is 0 Å². The predicted octanol–water partition coefficient (Wildman–Crippen LogP) is 4.08. The average molecular weight is 577 g/mol. The van der Waals surface area contributed by atoms with Crippen molar-refractivity contribution in [2.24, 2.45) is 0 Å². The van der Waals surface area contributed by atoms with E-state index in [9.17, 15) is 15.3 Å². The molecule has 204 valence electrons. The van der Waals surface area contributed by atoms with Crippen LogP contribution in [-0.2, 0) is 0 Å². The number of fused-ring (bicyclic) bond motifs is 3. The second kappa shape index (κ2) is 13.8. The van der Waals surface area contributed by atoms with E-state index in [0.29, 0.717) is 49.4 Å². The minimum absolute atomic E-state index is 0. The molecule has 0 N–H and O–H groups in total. The number of benzene rings is 3. The fraction of sp³-hybridized carbons (Fsp3) is 0.0909. The maximum atomic E-state index is 11.4. The van der Waals surface area contributed by atoms with Gasteiger partial charge in [-0.15, -0.1) is 0 Å². The smallest absolute Gasteiger partial charge is 0.871 e. The molecule has 6 rings (SSSR count). The summed E-state index contributed by atoms with van der Waals surface area (Å²) in [6.07, 6.45) is 4.46. The first kappa shape index (κ1) is 31.8. The van der Waals surface area contributed by atoms with Crippen LogP contribution in [0.3, 0.4) is 0 Å². The quantitative estimate of drug-likeness (QED) is 0.241. The number of hydrogen-bond acceptors (Lipinski definition) is 9. The Balaban J connectivity index is 0.000000175. The summed E-state index contributed by atoms with van der Waals surface area (Å²) < 4.78 is 0. The van der Waals surface area contributed by atoms with Gasteiger partial charge in [0, 0.05) is 34.7 Å². The van der Waals surface area contributed by atoms with Crippen LogP contribution in [0.5, 0.6) is 17.2 Å². The molecule has 0 saturated carbocycles. The molecule has 3 aromatic heterocycles. The second-order valence-electron chi connectivity index (χ2n) is 9.22. The van der Waals surface area contributed by atoms with Gasteiger partial charge in [0.15, 0.2) is 0 Å². The zero-order chi connectivity index (χ0) is 30.4. The Morgan fingerprint density at radius 2 is 0.721 bits per heavy atom. The van der Waals surface area contributed by atoms with E-state index in [1.54, 1.807) is 36.4 Å². The van der Waals surface area contributed by atoms with Crippen LogP contribution < -0.4 is 15.3 Å². The van der Waals surface area contributed by atoms with Crippen LogP contribution in [0.1, 0.15) is 33.4 Å². The fourth-order valence-electron chi connectivity index (χ4n) is 4.51. The number of nitriles is 3. The van der Waals surface area contributed by atoms with E-state index >= 15 is 0 Å². The monoisotopic (exact) mass is 576 g/mol. The molecule has 0 aliphatic heterocycles. The first-order valence-electron chi connectivity index (χ1n) is 12.6. The Morgan fingerprint density at radius 3 is 0.953 bits per heavy atom. The summed E-state index contributed by atoms with van der Waals surface area (Å²) in [7, 11) is 0. The molecular formula is C33H21AlN6O3. The van der Waals surface area contributed by atoms with Gasteiger partial charge in [0.2, 0.25) is 0 Å². The standard InChI is InChI=1S/3C11H8N2O.Al/c3*1-7-2-3-9(14)11-10(7)8(6-12)4-5-13-11;/h3*2-5,14H,1H3;/q;;;+3/p-3. The zero-order valence-corrected chi connectivity index (χ0v) is 24.6. The molecule has 0 fully saturated rings. The Bertz CT molecular complexity index is 1870. The Labute approximate surface area is 258 Å². The molecule has 0 amide bonds. The van der Waals surface area contributed by atoms with Gasteiger partial charge < -0.3 is 15.3 Å². The summed E-state index contributed by atoms with van der Waals surface area (Å²) in [6, 6.07) is 20.6. The van der Waals surface area contributed by atoms with Crippen LogP contribution in [0, 0.1) is 54.8 Å². The summed E-state index contributed by atoms with van der Waals surface area (Å²) in [4.78, 5) is 12.0. The second-order valence-corrected chi connectivity index (χ2v) is 9.22. The van der Waals surface area contributed by atoms with Crippen LogP contribution in [0.4, 0.5) is 0 Å². The van der Waals surface area contributed by atoms with E-state index in [1.165, 1.54) is 36.8 Å². The van der Waals surface area contributed by atoms with Crippen LogP contribution in [0.2, 0.25) is 0 Å². The third-order valence-electron chi connectivity index (χ3n) is 6.55. The summed E-state index contributed by atoms with van der Waals surface area (Å²) in [6.45, 7) is 5.60. The van der Waals surface area contributed by atoms with Crippen LogP contribution in [0.25, 0.3) is 32.7 Å². The fourth-order valence-corrected chi connectivity index (χ4v) is 4.51. The van der Waals surface area contributed by atoms with Crippen molar-refractivity contribution in [1.29, 1.82) is 15.8 Å². The molecule has 3 aromatic carbocycles. The van der Waals surface area contributed by atoms with E-state index in [0.717, 1.165) is 16.7 Å². The van der Waals surface area contributed by atoms with Gasteiger partial charge in [-0.05, 0) is 55.7 Å². The van der Waals surface area contributed by atoms with Gasteiger partial charge >= 0.3 is 17.4 Å². The van der Waals surface area contributed by atoms with Crippen LogP contribution in [0.15, 0.2) is 73.2 Å². The number of nitrogens with zero attached hydrogens (tertiary/aromatic N) is 6. The average Bonchev–Trinajstić information content (AvgIpc) is 3.02. The molecule has 0 atom stereocenters. The molecule has 9 nitrogen and oxygen atoms in total. The Hall–Kier alpha value is -5.71. The van der Waals surface area contributed by atoms with Gasteiger partial charge in [0.25, 0.3) is 0 Å². The van der Waals surface area contributed by atoms with Crippen LogP contribution in [-0.4, -0.2) is 32.3 Å². The van der Waals surface area contributed by atoms with Gasteiger partial charge in [-0.2, -0.15) is 15.8 Å². The third-order valence-corrected chi connectivity index (χ3v) is 6.55. The van der Waals surface area contributed by atoms with E-state index in [1.807, 2.05) is 20.8 Å². The van der Waals surface area contributed by atoms with Crippen molar-refractivity contribution in [3.8, 4) is 35.5 Å². The first-order valence-corrected chi connectivity index (χ1v) is 12.6. The molecule has 0 bridgehead atoms. The number of aryl methyl sites for hydroxylation is 3. The maximum absolute atomic E-state index is 11.4. The van der Waals surface area contributed by atoms with Gasteiger partial charge in [-0.1, -0.05) is 53.6 Å². The van der Waals surface area contributed by atoms with E-state index < -0.39 is 0 Å². The molecule has 3 heterocycles. The molecule has 0 spiro atoms. The van der Waals surface area contributed by atoms with E-state index in [4.69, 9.17) is 15.8 Å². The molecule has 0 saturated heterocycles. The molecule has 0 aliphatic rings. The minimum Gasteiger partial charge on any atom is -0.871 e. The summed E-state index contributed by atoms with van der Waals surface area (Å²) in [5, 5.41) is 62.9. The predicted molar refractivity (Wildman–Crippen MR) is 158 cm³/mol. The molecule has 0 radical (unpaired) electrons. The van der Waals surface area contributed by atoms with Crippen molar-refractivity contribution in [3.63, 3.8) is 0 Å². The normalized spacial score (nSPS) is 9.77. The van der Waals surface area contributed by atoms with Crippen molar-refractivity contribution < 1.29 is 15.3 Å². The molecule has 10 heteroatoms. The van der Waals surface area contributed by atoms with E-state index in [2.05, 4.69) is 33.2 Å². The van der Waals surface area contributed by atoms with Crippen molar-refractivity contribution in [2.75, 3.05) is 0 Å². The van der Waals surface area contributed by atoms with Crippen molar-refractivity contribution in [2.45, 2.75) is 20.8 Å². The SMILES string of the molecule is Cc1ccc([O-])c2nccc(C#N)c12.Cc1ccc([O-])c2nccc(C#N)c12.Cc1ccc([O-])c2nccc(C#N)c12.[Al+3]. The number of pyridine rings is 3. The van der Waals surface area contributed by atoms with Gasteiger partial charge in [-0.25, -0.2) is 0 Å². The third kappa shape index (κ3) is 6.46. The number of hydrogen-bond donors (Lipinski definition) is 0. The number of aromatic nitrogens is 3.